The van der Waals surface area contributed by atoms with Crippen molar-refractivity contribution in [2.45, 2.75) is 29.6 Å². The molecule has 1 rings (SSSR count). The molecule has 0 spiro atoms. The van der Waals surface area contributed by atoms with Gasteiger partial charge in [-0.1, -0.05) is 9.24 Å². The highest BCUT2D eigenvalue weighted by molar-refractivity contribution is 7.18. The Balaban J connectivity index is 3.45. The molecule has 0 aromatic rings. The Bertz CT molecular complexity index is 405. The Kier molecular flexibility index (Phi) is 3.34. The van der Waals surface area contributed by atoms with E-state index >= 15 is 0 Å². The van der Waals surface area contributed by atoms with E-state index in [4.69, 9.17) is 5.11 Å². The number of aliphatic carboxylic acids is 1. The van der Waals surface area contributed by atoms with E-state index in [2.05, 4.69) is 9.47 Å². The fourth-order valence-electron chi connectivity index (χ4n) is 1.14. The molecule has 19 heavy (non-hydrogen) atoms. The molecule has 112 valence electrons. The van der Waals surface area contributed by atoms with Crippen molar-refractivity contribution in [2.24, 2.45) is 0 Å². The van der Waals surface area contributed by atoms with Crippen LogP contribution in [0.5, 0.6) is 0 Å². The van der Waals surface area contributed by atoms with Crippen molar-refractivity contribution in [3.63, 3.8) is 0 Å². The zero-order chi connectivity index (χ0) is 15.5. The summed E-state index contributed by atoms with van der Waals surface area (Å²) in [5.74, 6) is -13.9. The van der Waals surface area contributed by atoms with Crippen molar-refractivity contribution in [1.29, 1.82) is 0 Å². The van der Waals surface area contributed by atoms with Gasteiger partial charge in [0.15, 0.2) is 0 Å². The summed E-state index contributed by atoms with van der Waals surface area (Å²) >= 11 is 0. The molecule has 1 N–H and O–H groups in total. The third-order valence-corrected chi connectivity index (χ3v) is 2.52. The molecule has 0 bridgehead atoms. The normalized spacial score (nSPS) is 40.5. The molecule has 1 saturated heterocycles. The molecule has 4 nitrogen and oxygen atoms in total. The lowest BCUT2D eigenvalue weighted by Gasteiger charge is -2.28. The number of carbonyl (C=O) groups is 1. The van der Waals surface area contributed by atoms with Crippen LogP contribution in [-0.4, -0.2) is 40.7 Å². The summed E-state index contributed by atoms with van der Waals surface area (Å²) < 4.78 is 106. The first-order valence-electron chi connectivity index (χ1n) is 4.04. The monoisotopic (exact) mass is 322 g/mol. The van der Waals surface area contributed by atoms with Gasteiger partial charge in [0, 0.05) is 0 Å². The fraction of sp³-hybridized carbons (Fsp3) is 0.833. The molecule has 0 amide bonds. The predicted molar refractivity (Wildman–Crippen MR) is 42.0 cm³/mol. The van der Waals surface area contributed by atoms with Crippen molar-refractivity contribution in [2.75, 3.05) is 0 Å². The molecule has 1 heterocycles. The van der Waals surface area contributed by atoms with E-state index in [0.29, 0.717) is 9.24 Å². The van der Waals surface area contributed by atoms with Crippen LogP contribution >= 0.6 is 9.24 Å². The van der Waals surface area contributed by atoms with E-state index in [1.54, 1.807) is 0 Å². The van der Waals surface area contributed by atoms with Crippen LogP contribution in [0.15, 0.2) is 0 Å². The first kappa shape index (κ1) is 16.3. The molecule has 13 heteroatoms. The van der Waals surface area contributed by atoms with E-state index in [9.17, 15) is 39.9 Å². The van der Waals surface area contributed by atoms with Crippen LogP contribution in [0.1, 0.15) is 0 Å². The van der Waals surface area contributed by atoms with Gasteiger partial charge in [0.05, 0.1) is 0 Å². The number of alkyl halides is 8. The summed E-state index contributed by atoms with van der Waals surface area (Å²) in [7, 11) is 0.360. The highest BCUT2D eigenvalue weighted by Crippen LogP contribution is 2.60. The van der Waals surface area contributed by atoms with Gasteiger partial charge in [-0.25, -0.2) is 9.18 Å². The molecule has 0 aromatic carbocycles. The maximum absolute atomic E-state index is 13.4. The van der Waals surface area contributed by atoms with Gasteiger partial charge in [0.25, 0.3) is 5.60 Å². The van der Waals surface area contributed by atoms with Gasteiger partial charge in [0.2, 0.25) is 0 Å². The molecule has 0 aromatic heterocycles. The lowest BCUT2D eigenvalue weighted by atomic mass is 10.2. The topological polar surface area (TPSA) is 55.8 Å². The second-order valence-electron chi connectivity index (χ2n) is 3.36. The van der Waals surface area contributed by atoms with Crippen molar-refractivity contribution >= 4 is 15.2 Å². The second-order valence-corrected chi connectivity index (χ2v) is 4.10. The summed E-state index contributed by atoms with van der Waals surface area (Å²) in [5.41, 5.74) is -4.79. The van der Waals surface area contributed by atoms with E-state index in [0.717, 1.165) is 0 Å². The summed E-state index contributed by atoms with van der Waals surface area (Å²) in [4.78, 5) is 10.4. The van der Waals surface area contributed by atoms with Crippen LogP contribution < -0.4 is 0 Å². The van der Waals surface area contributed by atoms with Gasteiger partial charge >= 0.3 is 30.0 Å². The summed E-state index contributed by atoms with van der Waals surface area (Å²) in [6.45, 7) is 0. The van der Waals surface area contributed by atoms with Gasteiger partial charge in [-0.3, -0.25) is 9.47 Å². The molecule has 0 radical (unpaired) electrons. The third-order valence-electron chi connectivity index (χ3n) is 2.03. The maximum atomic E-state index is 13.4. The van der Waals surface area contributed by atoms with Crippen LogP contribution in [0, 0.1) is 0 Å². The van der Waals surface area contributed by atoms with Crippen molar-refractivity contribution < 1.29 is 54.5 Å². The van der Waals surface area contributed by atoms with Crippen LogP contribution in [0.3, 0.4) is 0 Å². The molecular weight excluding hydrogens is 319 g/mol. The number of halogens is 8. The lowest BCUT2D eigenvalue weighted by Crippen LogP contribution is -2.56. The SMILES string of the molecule is O=C(O)C1(C(F)(F)F)OC(F)(P)C(F)(C(F)(F)F)O1. The van der Waals surface area contributed by atoms with Crippen molar-refractivity contribution in [3.05, 3.63) is 0 Å². The first-order valence-corrected chi connectivity index (χ1v) is 4.62. The van der Waals surface area contributed by atoms with E-state index in [1.807, 2.05) is 0 Å². The quantitative estimate of drug-likeness (QED) is 0.593. The first-order chi connectivity index (χ1) is 8.11. The zero-order valence-corrected chi connectivity index (χ0v) is 9.43. The average molecular weight is 322 g/mol. The minimum absolute atomic E-state index is 0.360. The fourth-order valence-corrected chi connectivity index (χ4v) is 1.53. The van der Waals surface area contributed by atoms with Gasteiger partial charge < -0.3 is 5.11 Å². The predicted octanol–water partition coefficient (Wildman–Crippen LogP) is 2.10. The van der Waals surface area contributed by atoms with Crippen molar-refractivity contribution in [3.8, 4) is 0 Å². The van der Waals surface area contributed by atoms with Crippen LogP contribution in [0.25, 0.3) is 0 Å². The standard InChI is InChI=1S/C6H3F8O4P/c7-3(5(11,12)13)6(14,19)18-2(17-3,1(15)16)4(8,9)10/h19H2,(H,15,16). The number of carboxylic acids is 1. The highest BCUT2D eigenvalue weighted by atomic mass is 31.0. The molecule has 1 aliphatic heterocycles. The summed E-state index contributed by atoms with van der Waals surface area (Å²) in [6.07, 6.45) is -12.5. The van der Waals surface area contributed by atoms with Crippen LogP contribution in [0.2, 0.25) is 0 Å². The smallest absolute Gasteiger partial charge is 0.455 e. The molecule has 0 saturated carbocycles. The molecule has 1 fully saturated rings. The summed E-state index contributed by atoms with van der Waals surface area (Å²) in [6, 6.07) is 0. The lowest BCUT2D eigenvalue weighted by molar-refractivity contribution is -0.385. The van der Waals surface area contributed by atoms with Gasteiger partial charge in [0.1, 0.15) is 0 Å². The Morgan fingerprint density at radius 2 is 1.42 bits per heavy atom. The molecule has 4 atom stereocenters. The molecule has 1 aliphatic rings. The minimum atomic E-state index is -6.31. The number of hydrogen-bond acceptors (Lipinski definition) is 3. The van der Waals surface area contributed by atoms with Crippen LogP contribution in [0.4, 0.5) is 35.1 Å². The van der Waals surface area contributed by atoms with E-state index in [1.165, 1.54) is 0 Å². The molecule has 4 unspecified atom stereocenters. The van der Waals surface area contributed by atoms with E-state index < -0.39 is 35.6 Å². The largest absolute Gasteiger partial charge is 0.477 e. The van der Waals surface area contributed by atoms with Gasteiger partial charge in [-0.15, -0.1) is 0 Å². The van der Waals surface area contributed by atoms with Gasteiger partial charge in [-0.05, 0) is 0 Å². The van der Waals surface area contributed by atoms with Crippen LogP contribution in [-0.2, 0) is 14.3 Å². The number of ether oxygens (including phenoxy) is 2. The molecule has 0 aliphatic carbocycles. The Morgan fingerprint density at radius 3 is 1.58 bits per heavy atom. The summed E-state index contributed by atoms with van der Waals surface area (Å²) in [5, 5.41) is 8.25. The number of hydrogen-bond donors (Lipinski definition) is 1. The zero-order valence-electron chi connectivity index (χ0n) is 8.27. The maximum Gasteiger partial charge on any atom is 0.455 e. The average Bonchev–Trinajstić information content (AvgIpc) is 2.34. The Morgan fingerprint density at radius 1 is 1.00 bits per heavy atom. The highest BCUT2D eigenvalue weighted by Gasteiger charge is 2.86. The second kappa shape index (κ2) is 3.89. The third kappa shape index (κ3) is 2.05. The Labute approximate surface area is 100 Å². The van der Waals surface area contributed by atoms with E-state index in [-0.39, 0.29) is 0 Å². The van der Waals surface area contributed by atoms with Gasteiger partial charge in [-0.2, -0.15) is 30.7 Å². The number of carboxylic acid groups (broad SMARTS) is 1. The molecular formula is C6H3F8O4P. The number of rotatable bonds is 1. The Hall–Kier alpha value is -0.740. The van der Waals surface area contributed by atoms with Crippen molar-refractivity contribution in [1.82, 2.24) is 0 Å². The minimum Gasteiger partial charge on any atom is -0.477 e.